The van der Waals surface area contributed by atoms with Crippen molar-refractivity contribution in [2.75, 3.05) is 0 Å². The number of hydrogen-bond acceptors (Lipinski definition) is 6. The van der Waals surface area contributed by atoms with Crippen LogP contribution in [0.5, 0.6) is 16.7 Å². The van der Waals surface area contributed by atoms with E-state index in [2.05, 4.69) is 9.72 Å². The number of rotatable bonds is 4. The monoisotopic (exact) mass is 331 g/mol. The zero-order valence-corrected chi connectivity index (χ0v) is 11.6. The third kappa shape index (κ3) is 3.61. The molecule has 1 aromatic heterocycles. The predicted octanol–water partition coefficient (Wildman–Crippen LogP) is 4.35. The highest BCUT2D eigenvalue weighted by molar-refractivity contribution is 7.13. The Morgan fingerprint density at radius 1 is 1.14 bits per heavy atom. The first-order chi connectivity index (χ1) is 10.5. The first kappa shape index (κ1) is 14.5. The van der Waals surface area contributed by atoms with Gasteiger partial charge >= 0.3 is 6.36 Å². The first-order valence-corrected chi connectivity index (χ1v) is 6.76. The van der Waals surface area contributed by atoms with E-state index in [9.17, 15) is 13.2 Å². The van der Waals surface area contributed by atoms with Gasteiger partial charge in [0.1, 0.15) is 28.9 Å². The summed E-state index contributed by atoms with van der Waals surface area (Å²) in [6.07, 6.45) is -1.01. The van der Waals surface area contributed by atoms with E-state index in [1.807, 2.05) is 0 Å². The Labute approximate surface area is 126 Å². The van der Waals surface area contributed by atoms with E-state index < -0.39 is 12.7 Å². The van der Waals surface area contributed by atoms with Crippen LogP contribution in [0.1, 0.15) is 11.2 Å². The summed E-state index contributed by atoms with van der Waals surface area (Å²) in [5.41, 5.74) is 0. The van der Waals surface area contributed by atoms with Crippen LogP contribution in [0.2, 0.25) is 0 Å². The van der Waals surface area contributed by atoms with Crippen LogP contribution in [0, 0.1) is 0 Å². The largest absolute Gasteiger partial charge is 0.573 e. The number of thiazole rings is 1. The summed E-state index contributed by atoms with van der Waals surface area (Å²) in [5.74, 6) is -0.192. The van der Waals surface area contributed by atoms with Gasteiger partial charge in [-0.2, -0.15) is 0 Å². The first-order valence-electron chi connectivity index (χ1n) is 5.95. The minimum absolute atomic E-state index is 0.175. The Hall–Kier alpha value is -2.42. The number of nitrogens with zero attached hydrogens (tertiary/aromatic N) is 1. The second-order valence-electron chi connectivity index (χ2n) is 4.03. The Kier molecular flexibility index (Phi) is 3.80. The molecular weight excluding hydrogens is 323 g/mol. The molecule has 0 saturated carbocycles. The third-order valence-electron chi connectivity index (χ3n) is 2.44. The Morgan fingerprint density at radius 2 is 1.86 bits per heavy atom. The molecule has 2 heterocycles. The van der Waals surface area contributed by atoms with Crippen molar-refractivity contribution in [3.63, 3.8) is 0 Å². The fraction of sp³-hybridized carbons (Fsp3) is 0.154. The lowest BCUT2D eigenvalue weighted by molar-refractivity contribution is -0.274. The van der Waals surface area contributed by atoms with Gasteiger partial charge in [0.2, 0.25) is 0 Å². The van der Waals surface area contributed by atoms with Crippen molar-refractivity contribution >= 4 is 11.3 Å². The lowest BCUT2D eigenvalue weighted by Gasteiger charge is -2.09. The molecule has 0 aliphatic carbocycles. The molecule has 1 aliphatic rings. The van der Waals surface area contributed by atoms with E-state index in [-0.39, 0.29) is 16.7 Å². The molecule has 0 fully saturated rings. The molecule has 1 aliphatic heterocycles. The highest BCUT2D eigenvalue weighted by Gasteiger charge is 2.31. The predicted molar refractivity (Wildman–Crippen MR) is 69.4 cm³/mol. The summed E-state index contributed by atoms with van der Waals surface area (Å²) < 4.78 is 56.0. The highest BCUT2D eigenvalue weighted by atomic mass is 32.1. The van der Waals surface area contributed by atoms with Crippen molar-refractivity contribution in [3.05, 3.63) is 47.9 Å². The summed E-state index contributed by atoms with van der Waals surface area (Å²) >= 11 is 1.16. The molecule has 116 valence electrons. The van der Waals surface area contributed by atoms with Crippen LogP contribution >= 0.6 is 11.3 Å². The van der Waals surface area contributed by atoms with Gasteiger partial charge in [0.05, 0.1) is 6.20 Å². The molecule has 3 rings (SSSR count). The number of halogens is 3. The number of hydrogen-bond donors (Lipinski definition) is 0. The van der Waals surface area contributed by atoms with E-state index in [0.29, 0.717) is 4.88 Å². The third-order valence-corrected chi connectivity index (χ3v) is 3.34. The fourth-order valence-electron chi connectivity index (χ4n) is 1.63. The minimum atomic E-state index is -4.75. The molecular formula is C13H8F3NO4S. The molecule has 0 atom stereocenters. The number of ether oxygens (including phenoxy) is 4. The van der Waals surface area contributed by atoms with Crippen molar-refractivity contribution in [2.24, 2.45) is 0 Å². The quantitative estimate of drug-likeness (QED) is 0.833. The molecule has 0 radical (unpaired) electrons. The molecule has 9 heteroatoms. The lowest BCUT2D eigenvalue weighted by atomic mass is 10.3. The van der Waals surface area contributed by atoms with E-state index in [0.717, 1.165) is 17.4 Å². The van der Waals surface area contributed by atoms with Gasteiger partial charge in [-0.3, -0.25) is 0 Å². The highest BCUT2D eigenvalue weighted by Crippen LogP contribution is 2.35. The van der Waals surface area contributed by atoms with Gasteiger partial charge in [-0.05, 0) is 12.1 Å². The summed E-state index contributed by atoms with van der Waals surface area (Å²) in [5, 5.41) is 0.248. The maximum atomic E-state index is 12.2. The maximum absolute atomic E-state index is 12.2. The average molecular weight is 331 g/mol. The summed E-state index contributed by atoms with van der Waals surface area (Å²) in [6.45, 7) is 0. The van der Waals surface area contributed by atoms with Crippen LogP contribution in [0.25, 0.3) is 0 Å². The SMILES string of the molecule is FC(F)(F)Oc1cccc(Oc2ncc(C3OC=CO3)s2)c1. The van der Waals surface area contributed by atoms with Crippen molar-refractivity contribution in [2.45, 2.75) is 12.7 Å². The smallest absolute Gasteiger partial charge is 0.454 e. The molecule has 0 bridgehead atoms. The topological polar surface area (TPSA) is 49.8 Å². The molecule has 0 spiro atoms. The minimum Gasteiger partial charge on any atom is -0.454 e. The zero-order chi connectivity index (χ0) is 15.6. The van der Waals surface area contributed by atoms with Gasteiger partial charge in [-0.25, -0.2) is 4.98 Å². The Morgan fingerprint density at radius 3 is 2.59 bits per heavy atom. The van der Waals surface area contributed by atoms with Gasteiger partial charge in [0.25, 0.3) is 11.5 Å². The second kappa shape index (κ2) is 5.76. The van der Waals surface area contributed by atoms with Gasteiger partial charge in [-0.1, -0.05) is 17.4 Å². The maximum Gasteiger partial charge on any atom is 0.573 e. The van der Waals surface area contributed by atoms with Crippen LogP contribution in [0.4, 0.5) is 13.2 Å². The normalized spacial score (nSPS) is 14.5. The molecule has 0 amide bonds. The molecule has 0 saturated heterocycles. The van der Waals surface area contributed by atoms with Crippen LogP contribution in [-0.4, -0.2) is 11.3 Å². The molecule has 0 unspecified atom stereocenters. The van der Waals surface area contributed by atoms with Gasteiger partial charge in [-0.15, -0.1) is 13.2 Å². The van der Waals surface area contributed by atoms with Crippen molar-refractivity contribution in [1.82, 2.24) is 4.98 Å². The van der Waals surface area contributed by atoms with Gasteiger partial charge in [0.15, 0.2) is 0 Å². The van der Waals surface area contributed by atoms with E-state index >= 15 is 0 Å². The number of alkyl halides is 3. The van der Waals surface area contributed by atoms with Crippen molar-refractivity contribution in [3.8, 4) is 16.7 Å². The van der Waals surface area contributed by atoms with E-state index in [1.54, 1.807) is 0 Å². The van der Waals surface area contributed by atoms with Crippen LogP contribution in [0.3, 0.4) is 0 Å². The summed E-state index contributed by atoms with van der Waals surface area (Å²) in [4.78, 5) is 4.67. The van der Waals surface area contributed by atoms with E-state index in [1.165, 1.54) is 36.9 Å². The zero-order valence-electron chi connectivity index (χ0n) is 10.7. The van der Waals surface area contributed by atoms with Crippen LogP contribution in [0.15, 0.2) is 43.0 Å². The average Bonchev–Trinajstić information content (AvgIpc) is 3.07. The van der Waals surface area contributed by atoms with Crippen molar-refractivity contribution in [1.29, 1.82) is 0 Å². The molecule has 5 nitrogen and oxygen atoms in total. The Balaban J connectivity index is 1.69. The Bertz CT molecular complexity index is 678. The van der Waals surface area contributed by atoms with Crippen LogP contribution in [-0.2, 0) is 9.47 Å². The standard InChI is InChI=1S/C13H8F3NO4S/c14-13(15,16)21-9-3-1-2-8(6-9)20-12-17-7-10(22-12)11-18-4-5-19-11/h1-7,11H. The van der Waals surface area contributed by atoms with Crippen molar-refractivity contribution < 1.29 is 32.1 Å². The second-order valence-corrected chi connectivity index (χ2v) is 5.05. The fourth-order valence-corrected chi connectivity index (χ4v) is 2.39. The summed E-state index contributed by atoms with van der Waals surface area (Å²) in [7, 11) is 0. The number of benzene rings is 1. The van der Waals surface area contributed by atoms with Gasteiger partial charge < -0.3 is 18.9 Å². The molecule has 1 aromatic carbocycles. The molecule has 0 N–H and O–H groups in total. The summed E-state index contributed by atoms with van der Waals surface area (Å²) in [6, 6.07) is 5.19. The lowest BCUT2D eigenvalue weighted by Crippen LogP contribution is -2.16. The van der Waals surface area contributed by atoms with Crippen LogP contribution < -0.4 is 9.47 Å². The van der Waals surface area contributed by atoms with E-state index in [4.69, 9.17) is 14.2 Å². The molecule has 22 heavy (non-hydrogen) atoms. The molecule has 2 aromatic rings. The van der Waals surface area contributed by atoms with Gasteiger partial charge in [0, 0.05) is 6.07 Å². The number of aromatic nitrogens is 1.